The standard InChI is InChI=1S/C10H13N3O2/c11-4-9-8(10(12)14)3-7(5-13-9)15-6-1-2-6/h3,5-6H,1-2,4,11H2,(H2,12,14). The average molecular weight is 207 g/mol. The van der Waals surface area contributed by atoms with Gasteiger partial charge in [-0.3, -0.25) is 9.78 Å². The number of rotatable bonds is 4. The third-order valence-electron chi connectivity index (χ3n) is 2.23. The molecule has 0 atom stereocenters. The van der Waals surface area contributed by atoms with Gasteiger partial charge in [-0.05, 0) is 18.9 Å². The van der Waals surface area contributed by atoms with E-state index in [2.05, 4.69) is 4.98 Å². The predicted octanol–water partition coefficient (Wildman–Crippen LogP) is 0.180. The summed E-state index contributed by atoms with van der Waals surface area (Å²) in [5.74, 6) is 0.0627. The molecular formula is C10H13N3O2. The third kappa shape index (κ3) is 2.24. The largest absolute Gasteiger partial charge is 0.489 e. The van der Waals surface area contributed by atoms with E-state index in [1.165, 1.54) is 0 Å². The van der Waals surface area contributed by atoms with Gasteiger partial charge in [-0.15, -0.1) is 0 Å². The van der Waals surface area contributed by atoms with Gasteiger partial charge in [0.05, 0.1) is 23.6 Å². The molecule has 5 nitrogen and oxygen atoms in total. The van der Waals surface area contributed by atoms with Crippen molar-refractivity contribution in [1.29, 1.82) is 0 Å². The molecule has 0 bridgehead atoms. The van der Waals surface area contributed by atoms with Crippen molar-refractivity contribution in [3.8, 4) is 5.75 Å². The molecule has 1 amide bonds. The summed E-state index contributed by atoms with van der Waals surface area (Å²) >= 11 is 0. The molecule has 0 aromatic carbocycles. The van der Waals surface area contributed by atoms with Gasteiger partial charge in [0, 0.05) is 6.54 Å². The summed E-state index contributed by atoms with van der Waals surface area (Å²) in [4.78, 5) is 15.2. The van der Waals surface area contributed by atoms with Crippen LogP contribution in [-0.2, 0) is 6.54 Å². The van der Waals surface area contributed by atoms with E-state index in [9.17, 15) is 4.79 Å². The van der Waals surface area contributed by atoms with Crippen molar-refractivity contribution in [3.05, 3.63) is 23.5 Å². The molecule has 1 heterocycles. The monoisotopic (exact) mass is 207 g/mol. The molecule has 1 saturated carbocycles. The van der Waals surface area contributed by atoms with Crippen molar-refractivity contribution in [2.24, 2.45) is 11.5 Å². The molecule has 1 aliphatic carbocycles. The highest BCUT2D eigenvalue weighted by molar-refractivity contribution is 5.94. The molecule has 2 rings (SSSR count). The second-order valence-corrected chi connectivity index (χ2v) is 3.55. The zero-order valence-corrected chi connectivity index (χ0v) is 8.27. The number of nitrogens with zero attached hydrogens (tertiary/aromatic N) is 1. The lowest BCUT2D eigenvalue weighted by Gasteiger charge is -2.07. The minimum Gasteiger partial charge on any atom is -0.489 e. The molecule has 4 N–H and O–H groups in total. The fourth-order valence-electron chi connectivity index (χ4n) is 1.29. The first-order valence-electron chi connectivity index (χ1n) is 4.86. The average Bonchev–Trinajstić information content (AvgIpc) is 3.01. The zero-order chi connectivity index (χ0) is 10.8. The van der Waals surface area contributed by atoms with E-state index in [-0.39, 0.29) is 12.6 Å². The van der Waals surface area contributed by atoms with Crippen LogP contribution in [0.5, 0.6) is 5.75 Å². The van der Waals surface area contributed by atoms with Gasteiger partial charge in [-0.2, -0.15) is 0 Å². The van der Waals surface area contributed by atoms with E-state index in [0.717, 1.165) is 12.8 Å². The van der Waals surface area contributed by atoms with Crippen LogP contribution in [0.4, 0.5) is 0 Å². The van der Waals surface area contributed by atoms with Crippen LogP contribution in [0.25, 0.3) is 0 Å². The molecule has 80 valence electrons. The van der Waals surface area contributed by atoms with Gasteiger partial charge in [0.25, 0.3) is 5.91 Å². The predicted molar refractivity (Wildman–Crippen MR) is 54.3 cm³/mol. The quantitative estimate of drug-likeness (QED) is 0.736. The Balaban J connectivity index is 2.26. The first kappa shape index (κ1) is 9.92. The Kier molecular flexibility index (Phi) is 2.55. The van der Waals surface area contributed by atoms with Crippen LogP contribution in [0.3, 0.4) is 0 Å². The number of carbonyl (C=O) groups excluding carboxylic acids is 1. The molecular weight excluding hydrogens is 194 g/mol. The maximum absolute atomic E-state index is 11.1. The van der Waals surface area contributed by atoms with Gasteiger partial charge >= 0.3 is 0 Å². The molecule has 15 heavy (non-hydrogen) atoms. The highest BCUT2D eigenvalue weighted by Crippen LogP contribution is 2.27. The van der Waals surface area contributed by atoms with Gasteiger partial charge < -0.3 is 16.2 Å². The molecule has 5 heteroatoms. The first-order valence-corrected chi connectivity index (χ1v) is 4.86. The second-order valence-electron chi connectivity index (χ2n) is 3.55. The summed E-state index contributed by atoms with van der Waals surface area (Å²) in [5, 5.41) is 0. The minimum atomic E-state index is -0.524. The van der Waals surface area contributed by atoms with E-state index in [1.54, 1.807) is 12.3 Å². The SMILES string of the molecule is NCc1ncc(OC2CC2)cc1C(N)=O. The van der Waals surface area contributed by atoms with Crippen LogP contribution in [0.1, 0.15) is 28.9 Å². The van der Waals surface area contributed by atoms with Crippen LogP contribution >= 0.6 is 0 Å². The van der Waals surface area contributed by atoms with E-state index in [1.807, 2.05) is 0 Å². The normalized spacial score (nSPS) is 15.0. The van der Waals surface area contributed by atoms with E-state index in [4.69, 9.17) is 16.2 Å². The minimum absolute atomic E-state index is 0.196. The Morgan fingerprint density at radius 2 is 2.33 bits per heavy atom. The number of hydrogen-bond donors (Lipinski definition) is 2. The van der Waals surface area contributed by atoms with Gasteiger partial charge in [0.2, 0.25) is 0 Å². The first-order chi connectivity index (χ1) is 7.20. The molecule has 0 aliphatic heterocycles. The smallest absolute Gasteiger partial charge is 0.250 e. The molecule has 1 fully saturated rings. The number of pyridine rings is 1. The van der Waals surface area contributed by atoms with Crippen LogP contribution in [0, 0.1) is 0 Å². The lowest BCUT2D eigenvalue weighted by molar-refractivity contribution is 0.0998. The topological polar surface area (TPSA) is 91.2 Å². The van der Waals surface area contributed by atoms with Gasteiger partial charge in [-0.1, -0.05) is 0 Å². The molecule has 0 saturated heterocycles. The number of amides is 1. The van der Waals surface area contributed by atoms with Gasteiger partial charge in [-0.25, -0.2) is 0 Å². The molecule has 0 unspecified atom stereocenters. The summed E-state index contributed by atoms with van der Waals surface area (Å²) in [5.41, 5.74) is 11.5. The highest BCUT2D eigenvalue weighted by Gasteiger charge is 2.24. The highest BCUT2D eigenvalue weighted by atomic mass is 16.5. The summed E-state index contributed by atoms with van der Waals surface area (Å²) in [7, 11) is 0. The molecule has 0 radical (unpaired) electrons. The summed E-state index contributed by atoms with van der Waals surface area (Å²) in [6, 6.07) is 1.61. The number of primary amides is 1. The third-order valence-corrected chi connectivity index (χ3v) is 2.23. The molecule has 0 spiro atoms. The second kappa shape index (κ2) is 3.86. The van der Waals surface area contributed by atoms with Crippen molar-refractivity contribution in [3.63, 3.8) is 0 Å². The fraction of sp³-hybridized carbons (Fsp3) is 0.400. The van der Waals surface area contributed by atoms with E-state index >= 15 is 0 Å². The maximum atomic E-state index is 11.1. The Labute approximate surface area is 87.4 Å². The number of nitrogens with two attached hydrogens (primary N) is 2. The molecule has 1 aromatic heterocycles. The zero-order valence-electron chi connectivity index (χ0n) is 8.27. The van der Waals surface area contributed by atoms with Crippen molar-refractivity contribution in [2.75, 3.05) is 0 Å². The Morgan fingerprint density at radius 1 is 1.60 bits per heavy atom. The Morgan fingerprint density at radius 3 is 2.87 bits per heavy atom. The van der Waals surface area contributed by atoms with Crippen molar-refractivity contribution >= 4 is 5.91 Å². The number of ether oxygens (including phenoxy) is 1. The lowest BCUT2D eigenvalue weighted by atomic mass is 10.2. The lowest BCUT2D eigenvalue weighted by Crippen LogP contribution is -2.17. The van der Waals surface area contributed by atoms with Crippen molar-refractivity contribution in [1.82, 2.24) is 4.98 Å². The molecule has 1 aromatic rings. The van der Waals surface area contributed by atoms with Crippen LogP contribution < -0.4 is 16.2 Å². The van der Waals surface area contributed by atoms with Crippen molar-refractivity contribution in [2.45, 2.75) is 25.5 Å². The van der Waals surface area contributed by atoms with Crippen LogP contribution in [0.2, 0.25) is 0 Å². The summed E-state index contributed by atoms with van der Waals surface area (Å²) < 4.78 is 5.50. The van der Waals surface area contributed by atoms with Crippen LogP contribution in [-0.4, -0.2) is 17.0 Å². The fourth-order valence-corrected chi connectivity index (χ4v) is 1.29. The van der Waals surface area contributed by atoms with Gasteiger partial charge in [0.1, 0.15) is 5.75 Å². The number of aromatic nitrogens is 1. The molecule has 1 aliphatic rings. The van der Waals surface area contributed by atoms with E-state index < -0.39 is 5.91 Å². The Bertz CT molecular complexity index is 388. The summed E-state index contributed by atoms with van der Waals surface area (Å²) in [6.45, 7) is 0.196. The van der Waals surface area contributed by atoms with Crippen molar-refractivity contribution < 1.29 is 9.53 Å². The summed E-state index contributed by atoms with van der Waals surface area (Å²) in [6.07, 6.45) is 3.97. The van der Waals surface area contributed by atoms with Gasteiger partial charge in [0.15, 0.2) is 0 Å². The Hall–Kier alpha value is -1.62. The van der Waals surface area contributed by atoms with E-state index in [0.29, 0.717) is 17.0 Å². The van der Waals surface area contributed by atoms with Crippen LogP contribution in [0.15, 0.2) is 12.3 Å². The maximum Gasteiger partial charge on any atom is 0.250 e. The number of hydrogen-bond acceptors (Lipinski definition) is 4. The number of carbonyl (C=O) groups is 1.